The number of hydrogen-bond acceptors (Lipinski definition) is 6. The van der Waals surface area contributed by atoms with Crippen LogP contribution in [0.4, 0.5) is 0 Å². The molecule has 1 saturated heterocycles. The van der Waals surface area contributed by atoms with Crippen LogP contribution in [0.25, 0.3) is 16.6 Å². The van der Waals surface area contributed by atoms with Gasteiger partial charge in [0.2, 0.25) is 11.8 Å². The first kappa shape index (κ1) is 27.9. The van der Waals surface area contributed by atoms with E-state index < -0.39 is 5.60 Å². The van der Waals surface area contributed by atoms with Gasteiger partial charge in [-0.05, 0) is 59.7 Å². The summed E-state index contributed by atoms with van der Waals surface area (Å²) in [6.45, 7) is 2.82. The average molecular weight is 582 g/mol. The third-order valence-electron chi connectivity index (χ3n) is 8.36. The molecule has 6 rings (SSSR count). The molecule has 1 N–H and O–H groups in total. The Morgan fingerprint density at radius 2 is 1.79 bits per heavy atom. The summed E-state index contributed by atoms with van der Waals surface area (Å²) in [5.74, 6) is 0.450. The summed E-state index contributed by atoms with van der Waals surface area (Å²) in [7, 11) is 1.59. The Morgan fingerprint density at radius 3 is 2.43 bits per heavy atom. The number of ether oxygens (including phenoxy) is 1. The number of aliphatic hydroxyl groups is 1. The smallest absolute Gasteiger partial charge is 0.219 e. The van der Waals surface area contributed by atoms with E-state index >= 15 is 0 Å². The molecule has 0 spiro atoms. The molecule has 3 aromatic carbocycles. The molecule has 3 heterocycles. The van der Waals surface area contributed by atoms with Crippen LogP contribution in [-0.2, 0) is 16.8 Å². The molecule has 0 saturated carbocycles. The lowest BCUT2D eigenvalue weighted by Gasteiger charge is -2.42. The number of carbonyl (C=O) groups is 1. The van der Waals surface area contributed by atoms with Crippen LogP contribution in [0.3, 0.4) is 0 Å². The Hall–Kier alpha value is -4.27. The van der Waals surface area contributed by atoms with Gasteiger partial charge in [-0.3, -0.25) is 4.79 Å². The standard InChI is InChI=1S/C33H32ClN5O3/c1-22(40)38-16-14-25(15-17-38)33(41,24-6-4-3-5-7-24)26-10-13-30-28(19-26)31(34)29(32(37-30)42-2)18-23-8-11-27(12-9-23)39-21-35-20-36-39/h3-13,19-21,25,41H,14-18H2,1-2H3. The van der Waals surface area contributed by atoms with Crippen LogP contribution in [0.2, 0.25) is 5.02 Å². The highest BCUT2D eigenvalue weighted by atomic mass is 35.5. The summed E-state index contributed by atoms with van der Waals surface area (Å²) < 4.78 is 7.38. The molecular weight excluding hydrogens is 550 g/mol. The maximum Gasteiger partial charge on any atom is 0.219 e. The Labute approximate surface area is 249 Å². The maximum absolute atomic E-state index is 12.6. The summed E-state index contributed by atoms with van der Waals surface area (Å²) in [6, 6.07) is 23.5. The number of amides is 1. The molecule has 2 aromatic heterocycles. The fraction of sp³-hybridized carbons (Fsp3) is 0.273. The molecule has 214 valence electrons. The number of carbonyl (C=O) groups excluding carboxylic acids is 1. The third-order valence-corrected chi connectivity index (χ3v) is 8.79. The van der Waals surface area contributed by atoms with Crippen molar-refractivity contribution < 1.29 is 14.6 Å². The molecule has 0 aliphatic carbocycles. The predicted octanol–water partition coefficient (Wildman–Crippen LogP) is 5.56. The first-order chi connectivity index (χ1) is 20.4. The number of rotatable bonds is 7. The summed E-state index contributed by atoms with van der Waals surface area (Å²) in [5.41, 5.74) is 3.71. The van der Waals surface area contributed by atoms with Gasteiger partial charge in [0.15, 0.2) is 0 Å². The van der Waals surface area contributed by atoms with Crippen molar-refractivity contribution in [1.29, 1.82) is 0 Å². The number of fused-ring (bicyclic) bond motifs is 1. The fourth-order valence-corrected chi connectivity index (χ4v) is 6.36. The lowest BCUT2D eigenvalue weighted by molar-refractivity contribution is -0.131. The second-order valence-electron chi connectivity index (χ2n) is 10.7. The first-order valence-electron chi connectivity index (χ1n) is 14.0. The molecule has 9 heteroatoms. The third kappa shape index (κ3) is 5.12. The van der Waals surface area contributed by atoms with Crippen LogP contribution in [0.15, 0.2) is 85.5 Å². The number of piperidine rings is 1. The maximum atomic E-state index is 12.6. The van der Waals surface area contributed by atoms with Gasteiger partial charge in [-0.2, -0.15) is 5.10 Å². The normalized spacial score (nSPS) is 15.5. The Bertz CT molecular complexity index is 1700. The topological polar surface area (TPSA) is 93.4 Å². The number of aromatic nitrogens is 4. The van der Waals surface area contributed by atoms with E-state index in [9.17, 15) is 9.90 Å². The van der Waals surface area contributed by atoms with Crippen LogP contribution in [0, 0.1) is 5.92 Å². The Balaban J connectivity index is 1.40. The molecule has 1 aliphatic heterocycles. The van der Waals surface area contributed by atoms with E-state index in [0.717, 1.165) is 33.3 Å². The molecule has 0 bridgehead atoms. The van der Waals surface area contributed by atoms with Crippen molar-refractivity contribution in [3.63, 3.8) is 0 Å². The lowest BCUT2D eigenvalue weighted by Crippen LogP contribution is -2.45. The minimum absolute atomic E-state index is 0.0646. The summed E-state index contributed by atoms with van der Waals surface area (Å²) in [6.07, 6.45) is 5.05. The zero-order valence-corrected chi connectivity index (χ0v) is 24.3. The van der Waals surface area contributed by atoms with E-state index in [-0.39, 0.29) is 11.8 Å². The molecule has 42 heavy (non-hydrogen) atoms. The van der Waals surface area contributed by atoms with Crippen molar-refractivity contribution in [1.82, 2.24) is 24.6 Å². The van der Waals surface area contributed by atoms with Gasteiger partial charge >= 0.3 is 0 Å². The van der Waals surface area contributed by atoms with Crippen LogP contribution in [0.1, 0.15) is 42.0 Å². The highest BCUT2D eigenvalue weighted by molar-refractivity contribution is 6.36. The highest BCUT2D eigenvalue weighted by Gasteiger charge is 2.42. The van der Waals surface area contributed by atoms with Crippen molar-refractivity contribution >= 4 is 28.4 Å². The van der Waals surface area contributed by atoms with Gasteiger partial charge in [0.05, 0.1) is 23.3 Å². The molecule has 1 amide bonds. The molecule has 8 nitrogen and oxygen atoms in total. The van der Waals surface area contributed by atoms with Gasteiger partial charge in [0, 0.05) is 37.4 Å². The summed E-state index contributed by atoms with van der Waals surface area (Å²) in [5, 5.41) is 18.0. The second kappa shape index (κ2) is 11.5. The van der Waals surface area contributed by atoms with Crippen molar-refractivity contribution in [3.8, 4) is 11.6 Å². The van der Waals surface area contributed by atoms with Crippen molar-refractivity contribution in [2.45, 2.75) is 31.8 Å². The molecule has 5 aromatic rings. The lowest BCUT2D eigenvalue weighted by atomic mass is 9.72. The zero-order valence-electron chi connectivity index (χ0n) is 23.6. The molecular formula is C33H32ClN5O3. The summed E-state index contributed by atoms with van der Waals surface area (Å²) in [4.78, 5) is 22.6. The largest absolute Gasteiger partial charge is 0.481 e. The van der Waals surface area contributed by atoms with Crippen LogP contribution >= 0.6 is 11.6 Å². The van der Waals surface area contributed by atoms with Gasteiger partial charge in [-0.15, -0.1) is 0 Å². The van der Waals surface area contributed by atoms with E-state index in [1.54, 1.807) is 25.0 Å². The predicted molar refractivity (Wildman–Crippen MR) is 162 cm³/mol. The number of hydrogen-bond donors (Lipinski definition) is 1. The van der Waals surface area contributed by atoms with Gasteiger partial charge in [-0.25, -0.2) is 14.6 Å². The minimum Gasteiger partial charge on any atom is -0.481 e. The molecule has 1 fully saturated rings. The number of nitrogens with zero attached hydrogens (tertiary/aromatic N) is 5. The van der Waals surface area contributed by atoms with Crippen LogP contribution < -0.4 is 4.74 Å². The highest BCUT2D eigenvalue weighted by Crippen LogP contribution is 2.44. The SMILES string of the molecule is COc1nc2ccc(C(O)(c3ccccc3)C3CCN(C(C)=O)CC3)cc2c(Cl)c1Cc1ccc(-n2cncn2)cc1. The van der Waals surface area contributed by atoms with Crippen molar-refractivity contribution in [2.24, 2.45) is 5.92 Å². The number of pyridine rings is 1. The molecule has 0 radical (unpaired) electrons. The van der Waals surface area contributed by atoms with Crippen molar-refractivity contribution in [3.05, 3.63) is 113 Å². The summed E-state index contributed by atoms with van der Waals surface area (Å²) >= 11 is 7.13. The van der Waals surface area contributed by atoms with Gasteiger partial charge in [-0.1, -0.05) is 60.1 Å². The average Bonchev–Trinajstić information content (AvgIpc) is 3.58. The number of benzene rings is 3. The number of methoxy groups -OCH3 is 1. The second-order valence-corrected chi connectivity index (χ2v) is 11.1. The fourth-order valence-electron chi connectivity index (χ4n) is 6.06. The minimum atomic E-state index is -1.26. The van der Waals surface area contributed by atoms with Crippen LogP contribution in [0.5, 0.6) is 5.88 Å². The monoisotopic (exact) mass is 581 g/mol. The van der Waals surface area contributed by atoms with E-state index in [4.69, 9.17) is 21.3 Å². The van der Waals surface area contributed by atoms with E-state index in [2.05, 4.69) is 10.1 Å². The number of likely N-dealkylation sites (tertiary alicyclic amines) is 1. The zero-order chi connectivity index (χ0) is 29.3. The molecule has 1 unspecified atom stereocenters. The Morgan fingerprint density at radius 1 is 1.05 bits per heavy atom. The van der Waals surface area contributed by atoms with E-state index in [0.29, 0.717) is 48.8 Å². The molecule has 1 atom stereocenters. The van der Waals surface area contributed by atoms with Gasteiger partial charge in [0.25, 0.3) is 0 Å². The van der Waals surface area contributed by atoms with E-state index in [1.165, 1.54) is 6.33 Å². The van der Waals surface area contributed by atoms with Crippen LogP contribution in [-0.4, -0.2) is 55.9 Å². The van der Waals surface area contributed by atoms with Crippen molar-refractivity contribution in [2.75, 3.05) is 20.2 Å². The first-order valence-corrected chi connectivity index (χ1v) is 14.4. The van der Waals surface area contributed by atoms with Gasteiger partial charge in [0.1, 0.15) is 18.3 Å². The Kier molecular flexibility index (Phi) is 7.66. The van der Waals surface area contributed by atoms with Gasteiger partial charge < -0.3 is 14.7 Å². The quantitative estimate of drug-likeness (QED) is 0.270. The van der Waals surface area contributed by atoms with E-state index in [1.807, 2.05) is 77.7 Å². The number of halogens is 1. The molecule has 1 aliphatic rings.